The highest BCUT2D eigenvalue weighted by Gasteiger charge is 2.54. The summed E-state index contributed by atoms with van der Waals surface area (Å²) in [4.78, 5) is 2.70. The minimum absolute atomic E-state index is 0.552. The van der Waals surface area contributed by atoms with Crippen LogP contribution in [0.1, 0.15) is 49.8 Å². The molecule has 2 bridgehead atoms. The van der Waals surface area contributed by atoms with Gasteiger partial charge in [0.05, 0.1) is 23.7 Å². The molecule has 7 heteroatoms. The van der Waals surface area contributed by atoms with Crippen LogP contribution in [0.25, 0.3) is 5.70 Å². The Labute approximate surface area is 185 Å². The van der Waals surface area contributed by atoms with Gasteiger partial charge in [-0.25, -0.2) is 0 Å². The third kappa shape index (κ3) is 4.35. The molecule has 0 amide bonds. The van der Waals surface area contributed by atoms with E-state index in [2.05, 4.69) is 15.3 Å². The van der Waals surface area contributed by atoms with Crippen LogP contribution in [-0.4, -0.2) is 53.1 Å². The van der Waals surface area contributed by atoms with Gasteiger partial charge in [0.25, 0.3) is 0 Å². The van der Waals surface area contributed by atoms with Crippen LogP contribution < -0.4 is 16.8 Å². The molecule has 4 aliphatic rings. The zero-order chi connectivity index (χ0) is 21.6. The van der Waals surface area contributed by atoms with E-state index in [9.17, 15) is 0 Å². The van der Waals surface area contributed by atoms with Crippen molar-refractivity contribution in [3.63, 3.8) is 0 Å². The summed E-state index contributed by atoms with van der Waals surface area (Å²) in [5.74, 6) is 2.21. The maximum absolute atomic E-state index is 6.20. The molecule has 1 saturated carbocycles. The van der Waals surface area contributed by atoms with Crippen molar-refractivity contribution >= 4 is 5.70 Å². The van der Waals surface area contributed by atoms with Crippen LogP contribution in [0.15, 0.2) is 24.2 Å². The summed E-state index contributed by atoms with van der Waals surface area (Å²) in [6.45, 7) is 6.67. The molecule has 4 unspecified atom stereocenters. The second kappa shape index (κ2) is 8.17. The molecule has 4 fully saturated rings. The molecule has 1 aromatic rings. The van der Waals surface area contributed by atoms with Crippen molar-refractivity contribution < 1.29 is 4.74 Å². The number of nitrogens with two attached hydrogens (primary N) is 2. The number of hydrogen-bond acceptors (Lipinski definition) is 6. The molecule has 4 atom stereocenters. The number of rotatable bonds is 7. The predicted octanol–water partition coefficient (Wildman–Crippen LogP) is 2.09. The van der Waals surface area contributed by atoms with Crippen molar-refractivity contribution in [1.82, 2.24) is 20.0 Å². The van der Waals surface area contributed by atoms with Gasteiger partial charge in [-0.3, -0.25) is 4.68 Å². The predicted molar refractivity (Wildman–Crippen MR) is 123 cm³/mol. The highest BCUT2D eigenvalue weighted by Crippen LogP contribution is 2.59. The van der Waals surface area contributed by atoms with E-state index in [0.29, 0.717) is 29.1 Å². The number of allylic oxidation sites excluding steroid dienone is 2. The first kappa shape index (κ1) is 20.9. The van der Waals surface area contributed by atoms with E-state index < -0.39 is 0 Å². The lowest BCUT2D eigenvalue weighted by atomic mass is 9.86. The number of fused-ring (bicyclic) bond motifs is 2. The topological polar surface area (TPSA) is 94.4 Å². The second-order valence-electron chi connectivity index (χ2n) is 10.4. The lowest BCUT2D eigenvalue weighted by Crippen LogP contribution is -2.40. The summed E-state index contributed by atoms with van der Waals surface area (Å²) in [6.07, 6.45) is 14.7. The molecule has 3 aliphatic heterocycles. The Balaban J connectivity index is 1.05. The maximum Gasteiger partial charge on any atom is 0.0960 e. The molecule has 7 nitrogen and oxygen atoms in total. The van der Waals surface area contributed by atoms with E-state index in [1.54, 1.807) is 4.68 Å². The number of nitrogens with zero attached hydrogens (tertiary/aromatic N) is 3. The van der Waals surface area contributed by atoms with Gasteiger partial charge in [-0.2, -0.15) is 5.10 Å². The molecule has 1 aliphatic carbocycles. The third-order valence-electron chi connectivity index (χ3n) is 8.25. The highest BCUT2D eigenvalue weighted by atomic mass is 16.5. The zero-order valence-corrected chi connectivity index (χ0v) is 19.0. The average molecular weight is 427 g/mol. The fourth-order valence-corrected chi connectivity index (χ4v) is 6.23. The van der Waals surface area contributed by atoms with Gasteiger partial charge < -0.3 is 26.4 Å². The van der Waals surface area contributed by atoms with Gasteiger partial charge in [-0.05, 0) is 82.0 Å². The Bertz CT molecular complexity index is 865. The Morgan fingerprint density at radius 3 is 2.74 bits per heavy atom. The van der Waals surface area contributed by atoms with Gasteiger partial charge >= 0.3 is 0 Å². The molecular formula is C24H38N6O. The number of nitrogens with one attached hydrogen (secondary N) is 1. The Morgan fingerprint density at radius 2 is 2.10 bits per heavy atom. The van der Waals surface area contributed by atoms with Crippen LogP contribution in [0.5, 0.6) is 0 Å². The first-order valence-electron chi connectivity index (χ1n) is 12.0. The van der Waals surface area contributed by atoms with Crippen molar-refractivity contribution in [2.45, 2.75) is 57.7 Å². The molecule has 170 valence electrons. The van der Waals surface area contributed by atoms with Crippen LogP contribution in [0.2, 0.25) is 0 Å². The van der Waals surface area contributed by atoms with E-state index in [-0.39, 0.29) is 0 Å². The summed E-state index contributed by atoms with van der Waals surface area (Å²) in [6, 6.07) is 0. The minimum Gasteiger partial charge on any atom is -0.398 e. The van der Waals surface area contributed by atoms with Crippen LogP contribution in [-0.2, 0) is 11.8 Å². The molecule has 5 rings (SSSR count). The summed E-state index contributed by atoms with van der Waals surface area (Å²) in [5.41, 5.74) is 15.5. The second-order valence-corrected chi connectivity index (χ2v) is 10.4. The first-order chi connectivity index (χ1) is 14.9. The fourth-order valence-electron chi connectivity index (χ4n) is 6.23. The minimum atomic E-state index is 0.552. The molecule has 0 radical (unpaired) electrons. The van der Waals surface area contributed by atoms with E-state index in [4.69, 9.17) is 16.2 Å². The van der Waals surface area contributed by atoms with Crippen molar-refractivity contribution in [1.29, 1.82) is 0 Å². The molecule has 4 heterocycles. The summed E-state index contributed by atoms with van der Waals surface area (Å²) < 4.78 is 7.83. The largest absolute Gasteiger partial charge is 0.398 e. The van der Waals surface area contributed by atoms with Crippen LogP contribution in [0.3, 0.4) is 0 Å². The monoisotopic (exact) mass is 426 g/mol. The molecule has 0 aromatic carbocycles. The third-order valence-corrected chi connectivity index (χ3v) is 8.25. The summed E-state index contributed by atoms with van der Waals surface area (Å²) in [5, 5.41) is 7.76. The molecule has 1 aromatic heterocycles. The van der Waals surface area contributed by atoms with Gasteiger partial charge in [0, 0.05) is 43.5 Å². The lowest BCUT2D eigenvalue weighted by molar-refractivity contribution is 0.0760. The lowest BCUT2D eigenvalue weighted by Gasteiger charge is -2.35. The van der Waals surface area contributed by atoms with Crippen molar-refractivity contribution in [3.8, 4) is 0 Å². The van der Waals surface area contributed by atoms with E-state index in [0.717, 1.165) is 29.6 Å². The Kier molecular flexibility index (Phi) is 5.51. The van der Waals surface area contributed by atoms with Crippen molar-refractivity contribution in [2.75, 3.05) is 26.2 Å². The van der Waals surface area contributed by atoms with E-state index in [1.807, 2.05) is 32.3 Å². The maximum atomic E-state index is 6.20. The molecule has 1 spiro atoms. The Morgan fingerprint density at radius 1 is 1.29 bits per heavy atom. The average Bonchev–Trinajstić information content (AvgIpc) is 3.10. The van der Waals surface area contributed by atoms with Crippen LogP contribution in [0.4, 0.5) is 0 Å². The first-order valence-corrected chi connectivity index (χ1v) is 12.0. The van der Waals surface area contributed by atoms with Gasteiger partial charge in [0.1, 0.15) is 0 Å². The van der Waals surface area contributed by atoms with Gasteiger partial charge in [0.2, 0.25) is 0 Å². The number of hydrogen-bond donors (Lipinski definition) is 3. The Hall–Kier alpha value is -1.99. The number of aromatic nitrogens is 2. The van der Waals surface area contributed by atoms with E-state index >= 15 is 0 Å². The van der Waals surface area contributed by atoms with Crippen LogP contribution in [0, 0.1) is 24.2 Å². The smallest absolute Gasteiger partial charge is 0.0960 e. The fraction of sp³-hybridized carbons (Fsp3) is 0.708. The molecule has 31 heavy (non-hydrogen) atoms. The quantitative estimate of drug-likeness (QED) is 0.578. The standard InChI is InChI=1S/C24H38N6O/c1-16-20(15-29(2)28-16)21(25)4-6-23(26)27-13-18-12-24(18)7-9-30(10-8-24)14-17-11-19-3-5-22(17)31-19/h4,6,15,17-19,22,27H,3,5,7-14,25-26H2,1-2H3/b21-4-,23-6+. The zero-order valence-electron chi connectivity index (χ0n) is 19.0. The number of piperidine rings is 1. The SMILES string of the molecule is Cc1nn(C)cc1/C(N)=C/C=C(\N)NCC1CC12CCN(CC1CC3CCC1O3)CC2. The molecule has 5 N–H and O–H groups in total. The number of ether oxygens (including phenoxy) is 1. The van der Waals surface area contributed by atoms with Gasteiger partial charge in [0.15, 0.2) is 0 Å². The summed E-state index contributed by atoms with van der Waals surface area (Å²) >= 11 is 0. The normalized spacial score (nSPS) is 32.7. The number of likely N-dealkylation sites (tertiary alicyclic amines) is 1. The summed E-state index contributed by atoms with van der Waals surface area (Å²) in [7, 11) is 1.90. The van der Waals surface area contributed by atoms with Crippen molar-refractivity contribution in [2.24, 2.45) is 35.8 Å². The van der Waals surface area contributed by atoms with Gasteiger partial charge in [-0.1, -0.05) is 0 Å². The van der Waals surface area contributed by atoms with Crippen LogP contribution >= 0.6 is 0 Å². The molecular weight excluding hydrogens is 388 g/mol. The van der Waals surface area contributed by atoms with Gasteiger partial charge in [-0.15, -0.1) is 0 Å². The van der Waals surface area contributed by atoms with E-state index in [1.165, 1.54) is 58.2 Å². The van der Waals surface area contributed by atoms with Crippen molar-refractivity contribution in [3.05, 3.63) is 35.4 Å². The highest BCUT2D eigenvalue weighted by molar-refractivity contribution is 5.65. The number of aryl methyl sites for hydroxylation is 2. The molecule has 3 saturated heterocycles.